The van der Waals surface area contributed by atoms with Crippen LogP contribution in [0, 0.1) is 5.82 Å². The summed E-state index contributed by atoms with van der Waals surface area (Å²) >= 11 is 5.96. The fourth-order valence-electron chi connectivity index (χ4n) is 2.12. The van der Waals surface area contributed by atoms with E-state index in [1.807, 2.05) is 12.5 Å². The Balaban J connectivity index is 2.21. The van der Waals surface area contributed by atoms with Gasteiger partial charge in [-0.1, -0.05) is 21.9 Å². The molecule has 0 N–H and O–H groups in total. The third-order valence-electron chi connectivity index (χ3n) is 3.32. The second-order valence-corrected chi connectivity index (χ2v) is 7.48. The average molecular weight is 367 g/mol. The first-order chi connectivity index (χ1) is 11.5. The highest BCUT2D eigenvalue weighted by Crippen LogP contribution is 2.33. The minimum absolute atomic E-state index is 0.00241. The predicted molar refractivity (Wildman–Crippen MR) is 91.4 cm³/mol. The van der Waals surface area contributed by atoms with Gasteiger partial charge in [-0.05, 0) is 12.1 Å². The molecule has 9 heteroatoms. The van der Waals surface area contributed by atoms with Gasteiger partial charge in [-0.15, -0.1) is 0 Å². The molecule has 0 bridgehead atoms. The molecule has 3 aromatic rings. The lowest BCUT2D eigenvalue weighted by Crippen LogP contribution is -2.02. The molecule has 24 heavy (non-hydrogen) atoms. The number of methoxy groups -OCH3 is 1. The molecule has 0 aliphatic rings. The lowest BCUT2D eigenvalue weighted by Gasteiger charge is -2.11. The van der Waals surface area contributed by atoms with Crippen molar-refractivity contribution in [1.82, 2.24) is 25.0 Å². The predicted octanol–water partition coefficient (Wildman–Crippen LogP) is 2.76. The number of benzene rings is 1. The van der Waals surface area contributed by atoms with E-state index in [2.05, 4.69) is 20.3 Å². The monoisotopic (exact) mass is 366 g/mol. The Morgan fingerprint density at radius 1 is 1.25 bits per heavy atom. The molecule has 0 spiro atoms. The number of aromatic nitrogens is 5. The van der Waals surface area contributed by atoms with Crippen LogP contribution in [0.25, 0.3) is 16.9 Å². The molecule has 1 aromatic carbocycles. The van der Waals surface area contributed by atoms with Crippen molar-refractivity contribution in [3.8, 4) is 22.8 Å². The van der Waals surface area contributed by atoms with Gasteiger partial charge < -0.3 is 4.74 Å². The Morgan fingerprint density at radius 3 is 2.71 bits per heavy atom. The largest absolute Gasteiger partial charge is 0.481 e. The van der Waals surface area contributed by atoms with E-state index >= 15 is 0 Å². The molecular weight excluding hydrogens is 353 g/mol. The normalized spacial score (nSPS) is 11.1. The minimum atomic E-state index is -0.584. The summed E-state index contributed by atoms with van der Waals surface area (Å²) in [6.45, 7) is 0. The molecule has 0 aliphatic heterocycles. The maximum atomic E-state index is 14.7. The standard InChI is InChI=1S/C15H14ClFN5OS/c1-23-12-6-10(18-8-19-12)14-11(5-4-9(16)15(14)17)22-7-13(20-21-22)24(2)3/h4-8H,1-3H3/q+1. The Hall–Kier alpha value is -2.19. The van der Waals surface area contributed by atoms with Crippen molar-refractivity contribution in [2.75, 3.05) is 19.6 Å². The van der Waals surface area contributed by atoms with E-state index in [0.29, 0.717) is 17.3 Å². The van der Waals surface area contributed by atoms with Crippen LogP contribution in [-0.4, -0.2) is 44.6 Å². The Bertz CT molecular complexity index is 886. The zero-order valence-corrected chi connectivity index (χ0v) is 14.8. The van der Waals surface area contributed by atoms with Crippen LogP contribution in [0.15, 0.2) is 35.7 Å². The zero-order chi connectivity index (χ0) is 17.3. The van der Waals surface area contributed by atoms with Crippen molar-refractivity contribution < 1.29 is 9.13 Å². The maximum absolute atomic E-state index is 14.7. The number of rotatable bonds is 4. The van der Waals surface area contributed by atoms with E-state index in [-0.39, 0.29) is 21.5 Å². The summed E-state index contributed by atoms with van der Waals surface area (Å²) in [7, 11) is 1.42. The van der Waals surface area contributed by atoms with Crippen LogP contribution in [0.1, 0.15) is 0 Å². The molecule has 0 amide bonds. The molecule has 3 rings (SSSR count). The molecule has 2 heterocycles. The minimum Gasteiger partial charge on any atom is -0.481 e. The number of hydrogen-bond donors (Lipinski definition) is 0. The molecule has 2 aromatic heterocycles. The van der Waals surface area contributed by atoms with Crippen molar-refractivity contribution in [3.63, 3.8) is 0 Å². The molecule has 124 valence electrons. The van der Waals surface area contributed by atoms with Crippen molar-refractivity contribution in [1.29, 1.82) is 0 Å². The van der Waals surface area contributed by atoms with Gasteiger partial charge in [0, 0.05) is 17.0 Å². The van der Waals surface area contributed by atoms with Gasteiger partial charge in [0.05, 0.1) is 29.1 Å². The Morgan fingerprint density at radius 2 is 2.04 bits per heavy atom. The highest BCUT2D eigenvalue weighted by Gasteiger charge is 2.21. The molecule has 0 saturated heterocycles. The van der Waals surface area contributed by atoms with Gasteiger partial charge in [0.2, 0.25) is 5.88 Å². The van der Waals surface area contributed by atoms with Crippen molar-refractivity contribution >= 4 is 22.5 Å². The van der Waals surface area contributed by atoms with Crippen molar-refractivity contribution in [2.45, 2.75) is 5.03 Å². The topological polar surface area (TPSA) is 65.7 Å². The maximum Gasteiger partial charge on any atom is 0.285 e. The smallest absolute Gasteiger partial charge is 0.285 e. The molecule has 0 fully saturated rings. The van der Waals surface area contributed by atoms with Crippen LogP contribution in [-0.2, 0) is 10.9 Å². The van der Waals surface area contributed by atoms with Crippen LogP contribution >= 0.6 is 11.6 Å². The first-order valence-corrected chi connectivity index (χ1v) is 9.28. The van der Waals surface area contributed by atoms with E-state index in [4.69, 9.17) is 16.3 Å². The number of nitrogens with zero attached hydrogens (tertiary/aromatic N) is 5. The molecule has 6 nitrogen and oxygen atoms in total. The number of hydrogen-bond acceptors (Lipinski definition) is 5. The van der Waals surface area contributed by atoms with Gasteiger partial charge in [-0.25, -0.2) is 19.0 Å². The summed E-state index contributed by atoms with van der Waals surface area (Å²) in [6, 6.07) is 4.70. The van der Waals surface area contributed by atoms with Crippen molar-refractivity contribution in [2.24, 2.45) is 0 Å². The summed E-state index contributed by atoms with van der Waals surface area (Å²) in [5.74, 6) is -0.257. The van der Waals surface area contributed by atoms with E-state index in [1.54, 1.807) is 18.3 Å². The molecular formula is C15H14ClFN5OS+. The summed E-state index contributed by atoms with van der Waals surface area (Å²) in [6.07, 6.45) is 7.15. The van der Waals surface area contributed by atoms with Gasteiger partial charge in [0.1, 0.15) is 25.0 Å². The van der Waals surface area contributed by atoms with E-state index in [0.717, 1.165) is 5.03 Å². The summed E-state index contributed by atoms with van der Waals surface area (Å²) in [5, 5.41) is 9.05. The lowest BCUT2D eigenvalue weighted by molar-refractivity contribution is 0.397. The van der Waals surface area contributed by atoms with E-state index < -0.39 is 5.82 Å². The van der Waals surface area contributed by atoms with Crippen LogP contribution in [0.5, 0.6) is 5.88 Å². The zero-order valence-electron chi connectivity index (χ0n) is 13.2. The molecule has 0 saturated carbocycles. The summed E-state index contributed by atoms with van der Waals surface area (Å²) in [4.78, 5) is 8.08. The lowest BCUT2D eigenvalue weighted by atomic mass is 10.1. The van der Waals surface area contributed by atoms with Crippen LogP contribution in [0.4, 0.5) is 4.39 Å². The van der Waals surface area contributed by atoms with Gasteiger partial charge in [0.15, 0.2) is 5.82 Å². The van der Waals surface area contributed by atoms with Gasteiger partial charge >= 0.3 is 0 Å². The van der Waals surface area contributed by atoms with Gasteiger partial charge in [0.25, 0.3) is 5.03 Å². The van der Waals surface area contributed by atoms with Crippen LogP contribution in [0.2, 0.25) is 5.02 Å². The highest BCUT2D eigenvalue weighted by molar-refractivity contribution is 7.95. The Labute approximate surface area is 146 Å². The molecule has 0 radical (unpaired) electrons. The molecule has 0 unspecified atom stereocenters. The van der Waals surface area contributed by atoms with Gasteiger partial charge in [-0.3, -0.25) is 0 Å². The summed E-state index contributed by atoms with van der Waals surface area (Å²) < 4.78 is 21.3. The first-order valence-electron chi connectivity index (χ1n) is 6.86. The third kappa shape index (κ3) is 3.07. The van der Waals surface area contributed by atoms with E-state index in [9.17, 15) is 4.39 Å². The van der Waals surface area contributed by atoms with Crippen LogP contribution < -0.4 is 4.74 Å². The first kappa shape index (κ1) is 16.7. The fraction of sp³-hybridized carbons (Fsp3) is 0.200. The van der Waals surface area contributed by atoms with Crippen molar-refractivity contribution in [3.05, 3.63) is 41.6 Å². The van der Waals surface area contributed by atoms with E-state index in [1.165, 1.54) is 24.2 Å². The molecule has 0 atom stereocenters. The summed E-state index contributed by atoms with van der Waals surface area (Å²) in [5.41, 5.74) is 1.05. The Kier molecular flexibility index (Phi) is 4.68. The van der Waals surface area contributed by atoms with Gasteiger partial charge in [-0.2, -0.15) is 0 Å². The van der Waals surface area contributed by atoms with Crippen LogP contribution in [0.3, 0.4) is 0 Å². The highest BCUT2D eigenvalue weighted by atomic mass is 35.5. The number of halogens is 2. The fourth-order valence-corrected chi connectivity index (χ4v) is 2.78. The second kappa shape index (κ2) is 6.74. The SMILES string of the molecule is COc1cc(-c2c(-n3cc([S+](C)C)nn3)ccc(Cl)c2F)ncn1. The quantitative estimate of drug-likeness (QED) is 0.664. The average Bonchev–Trinajstić information content (AvgIpc) is 3.07. The molecule has 0 aliphatic carbocycles. The second-order valence-electron chi connectivity index (χ2n) is 5.02. The third-order valence-corrected chi connectivity index (χ3v) is 4.63. The number of ether oxygens (including phenoxy) is 1.